The fourth-order valence-electron chi connectivity index (χ4n) is 2.54. The first kappa shape index (κ1) is 15.0. The number of carbonyl (C=O) groups excluding carboxylic acids is 1. The first-order valence-corrected chi connectivity index (χ1v) is 6.65. The van der Waals surface area contributed by atoms with E-state index >= 15 is 0 Å². The van der Waals surface area contributed by atoms with Gasteiger partial charge in [0.05, 0.1) is 11.0 Å². The second-order valence-corrected chi connectivity index (χ2v) is 5.18. The lowest BCUT2D eigenvalue weighted by molar-refractivity contribution is -0.137. The number of ether oxygens (including phenoxy) is 1. The molecule has 0 bridgehead atoms. The number of ketones is 1. The molecule has 0 aliphatic carbocycles. The zero-order chi connectivity index (χ0) is 15.5. The van der Waals surface area contributed by atoms with Crippen molar-refractivity contribution in [2.45, 2.75) is 25.7 Å². The summed E-state index contributed by atoms with van der Waals surface area (Å²) in [5, 5.41) is 17.7. The van der Waals surface area contributed by atoms with Crippen LogP contribution in [0.4, 0.5) is 0 Å². The number of carboxylic acid groups (broad SMARTS) is 2. The molecule has 0 aromatic heterocycles. The van der Waals surface area contributed by atoms with Gasteiger partial charge in [0.1, 0.15) is 12.4 Å². The molecule has 0 saturated heterocycles. The number of fused-ring (bicyclic) bond motifs is 1. The molecule has 0 fully saturated rings. The predicted octanol–water partition coefficient (Wildman–Crippen LogP) is 1.98. The molecule has 112 valence electrons. The quantitative estimate of drug-likeness (QED) is 0.831. The number of carbonyl (C=O) groups is 3. The van der Waals surface area contributed by atoms with Crippen molar-refractivity contribution in [3.05, 3.63) is 29.8 Å². The van der Waals surface area contributed by atoms with Gasteiger partial charge >= 0.3 is 11.9 Å². The zero-order valence-electron chi connectivity index (χ0n) is 11.4. The van der Waals surface area contributed by atoms with Crippen LogP contribution in [-0.4, -0.2) is 34.5 Å². The summed E-state index contributed by atoms with van der Waals surface area (Å²) in [4.78, 5) is 34.3. The Balaban J connectivity index is 2.29. The van der Waals surface area contributed by atoms with Crippen LogP contribution in [0, 0.1) is 5.41 Å². The number of hydrogen-bond acceptors (Lipinski definition) is 4. The van der Waals surface area contributed by atoms with Crippen molar-refractivity contribution in [3.8, 4) is 5.75 Å². The molecule has 2 rings (SSSR count). The average Bonchev–Trinajstić information content (AvgIpc) is 2.46. The van der Waals surface area contributed by atoms with E-state index in [-0.39, 0.29) is 38.1 Å². The summed E-state index contributed by atoms with van der Waals surface area (Å²) >= 11 is 0. The molecule has 6 nitrogen and oxygen atoms in total. The van der Waals surface area contributed by atoms with Gasteiger partial charge in [-0.05, 0) is 25.0 Å². The van der Waals surface area contributed by atoms with E-state index in [1.807, 2.05) is 0 Å². The Bertz CT molecular complexity index is 559. The largest absolute Gasteiger partial charge is 0.492 e. The van der Waals surface area contributed by atoms with Gasteiger partial charge in [-0.25, -0.2) is 0 Å². The topological polar surface area (TPSA) is 101 Å². The summed E-state index contributed by atoms with van der Waals surface area (Å²) in [6.45, 7) is 0.0173. The number of rotatable bonds is 6. The highest BCUT2D eigenvalue weighted by Crippen LogP contribution is 2.40. The lowest BCUT2D eigenvalue weighted by Gasteiger charge is -2.36. The number of Topliss-reactive ketones (excluding diaryl/α,β-unsaturated/α-hetero) is 1. The van der Waals surface area contributed by atoms with Crippen LogP contribution in [0.25, 0.3) is 0 Å². The minimum Gasteiger partial charge on any atom is -0.492 e. The van der Waals surface area contributed by atoms with E-state index < -0.39 is 17.4 Å². The maximum atomic E-state index is 12.7. The van der Waals surface area contributed by atoms with Crippen LogP contribution in [0.3, 0.4) is 0 Å². The third-order valence-electron chi connectivity index (χ3n) is 3.75. The molecule has 0 saturated carbocycles. The van der Waals surface area contributed by atoms with Gasteiger partial charge in [0, 0.05) is 12.8 Å². The fraction of sp³-hybridized carbons (Fsp3) is 0.400. The van der Waals surface area contributed by atoms with Crippen LogP contribution < -0.4 is 4.74 Å². The molecule has 0 atom stereocenters. The normalized spacial score (nSPS) is 15.9. The van der Waals surface area contributed by atoms with Gasteiger partial charge in [-0.1, -0.05) is 12.1 Å². The van der Waals surface area contributed by atoms with E-state index in [1.54, 1.807) is 24.3 Å². The standard InChI is InChI=1S/C15H16O6/c16-12(17)5-7-15(8-6-13(18)19)9-21-11-4-2-1-3-10(11)14(15)20/h1-4H,5-9H2,(H,16,17)(H,18,19). The zero-order valence-corrected chi connectivity index (χ0v) is 11.4. The summed E-state index contributed by atoms with van der Waals surface area (Å²) in [5.74, 6) is -1.80. The Labute approximate surface area is 121 Å². The smallest absolute Gasteiger partial charge is 0.303 e. The molecule has 0 spiro atoms. The molecule has 1 aliphatic heterocycles. The molecule has 0 unspecified atom stereocenters. The van der Waals surface area contributed by atoms with Crippen molar-refractivity contribution < 1.29 is 29.3 Å². The Hall–Kier alpha value is -2.37. The van der Waals surface area contributed by atoms with Crippen LogP contribution in [-0.2, 0) is 9.59 Å². The highest BCUT2D eigenvalue weighted by atomic mass is 16.5. The third kappa shape index (κ3) is 3.21. The van der Waals surface area contributed by atoms with Gasteiger partial charge in [-0.2, -0.15) is 0 Å². The lowest BCUT2D eigenvalue weighted by Crippen LogP contribution is -2.41. The first-order valence-electron chi connectivity index (χ1n) is 6.65. The number of hydrogen-bond donors (Lipinski definition) is 2. The number of carboxylic acids is 2. The lowest BCUT2D eigenvalue weighted by atomic mass is 9.72. The van der Waals surface area contributed by atoms with Crippen LogP contribution in [0.1, 0.15) is 36.0 Å². The van der Waals surface area contributed by atoms with Crippen LogP contribution in [0.5, 0.6) is 5.75 Å². The van der Waals surface area contributed by atoms with Crippen LogP contribution >= 0.6 is 0 Å². The maximum absolute atomic E-state index is 12.7. The van der Waals surface area contributed by atoms with E-state index in [0.717, 1.165) is 0 Å². The molecule has 6 heteroatoms. The monoisotopic (exact) mass is 292 g/mol. The molecule has 1 aliphatic rings. The van der Waals surface area contributed by atoms with E-state index in [2.05, 4.69) is 0 Å². The summed E-state index contributed by atoms with van der Waals surface area (Å²) in [5.41, 5.74) is -0.690. The van der Waals surface area contributed by atoms with E-state index in [0.29, 0.717) is 11.3 Å². The summed E-state index contributed by atoms with van der Waals surface area (Å²) in [6.07, 6.45) is -0.251. The molecule has 1 aromatic carbocycles. The summed E-state index contributed by atoms with van der Waals surface area (Å²) in [6, 6.07) is 6.73. The van der Waals surface area contributed by atoms with Gasteiger partial charge in [0.2, 0.25) is 0 Å². The van der Waals surface area contributed by atoms with Crippen molar-refractivity contribution >= 4 is 17.7 Å². The fourth-order valence-corrected chi connectivity index (χ4v) is 2.54. The van der Waals surface area contributed by atoms with Gasteiger partial charge in [-0.3, -0.25) is 14.4 Å². The van der Waals surface area contributed by atoms with Gasteiger partial charge < -0.3 is 14.9 Å². The highest BCUT2D eigenvalue weighted by molar-refractivity contribution is 6.04. The van der Waals surface area contributed by atoms with Crippen molar-refractivity contribution in [1.29, 1.82) is 0 Å². The molecule has 21 heavy (non-hydrogen) atoms. The SMILES string of the molecule is O=C(O)CCC1(CCC(=O)O)COc2ccccc2C1=O. The number of benzene rings is 1. The molecule has 0 radical (unpaired) electrons. The van der Waals surface area contributed by atoms with Gasteiger partial charge in [0.15, 0.2) is 5.78 Å². The molecular formula is C15H16O6. The van der Waals surface area contributed by atoms with Crippen molar-refractivity contribution in [3.63, 3.8) is 0 Å². The average molecular weight is 292 g/mol. The van der Waals surface area contributed by atoms with E-state index in [9.17, 15) is 14.4 Å². The Morgan fingerprint density at radius 1 is 1.10 bits per heavy atom. The Morgan fingerprint density at radius 2 is 1.67 bits per heavy atom. The van der Waals surface area contributed by atoms with E-state index in [4.69, 9.17) is 14.9 Å². The van der Waals surface area contributed by atoms with Crippen molar-refractivity contribution in [1.82, 2.24) is 0 Å². The third-order valence-corrected chi connectivity index (χ3v) is 3.75. The van der Waals surface area contributed by atoms with E-state index in [1.165, 1.54) is 0 Å². The predicted molar refractivity (Wildman–Crippen MR) is 72.4 cm³/mol. The Kier molecular flexibility index (Phi) is 4.26. The molecular weight excluding hydrogens is 276 g/mol. The van der Waals surface area contributed by atoms with Crippen molar-refractivity contribution in [2.75, 3.05) is 6.61 Å². The first-order chi connectivity index (χ1) is 9.94. The summed E-state index contributed by atoms with van der Waals surface area (Å²) in [7, 11) is 0. The number of para-hydroxylation sites is 1. The van der Waals surface area contributed by atoms with Crippen LogP contribution in [0.15, 0.2) is 24.3 Å². The number of aliphatic carboxylic acids is 2. The van der Waals surface area contributed by atoms with Gasteiger partial charge in [0.25, 0.3) is 0 Å². The molecule has 1 heterocycles. The van der Waals surface area contributed by atoms with Gasteiger partial charge in [-0.15, -0.1) is 0 Å². The highest BCUT2D eigenvalue weighted by Gasteiger charge is 2.44. The van der Waals surface area contributed by atoms with Crippen molar-refractivity contribution in [2.24, 2.45) is 5.41 Å². The Morgan fingerprint density at radius 3 is 2.24 bits per heavy atom. The second-order valence-electron chi connectivity index (χ2n) is 5.18. The molecule has 0 amide bonds. The maximum Gasteiger partial charge on any atom is 0.303 e. The minimum absolute atomic E-state index is 0.0173. The second kappa shape index (κ2) is 5.95. The molecule has 2 N–H and O–H groups in total. The minimum atomic E-state index is -1.08. The van der Waals surface area contributed by atoms with Crippen LogP contribution in [0.2, 0.25) is 0 Å². The summed E-state index contributed by atoms with van der Waals surface area (Å²) < 4.78 is 5.57. The molecule has 1 aromatic rings.